The third kappa shape index (κ3) is 13.8. The molecule has 0 aliphatic rings. The topological polar surface area (TPSA) is 133 Å². The Morgan fingerprint density at radius 1 is 0.780 bits per heavy atom. The number of hydrogen-bond donors (Lipinski definition) is 3. The van der Waals surface area contributed by atoms with Crippen LogP contribution >= 0.6 is 0 Å². The van der Waals surface area contributed by atoms with Gasteiger partial charge in [0.2, 0.25) is 0 Å². The van der Waals surface area contributed by atoms with Crippen molar-refractivity contribution in [2.24, 2.45) is 5.73 Å². The molecule has 0 spiro atoms. The lowest BCUT2D eigenvalue weighted by molar-refractivity contribution is 0.0119. The first kappa shape index (κ1) is 34.0. The lowest BCUT2D eigenvalue weighted by Gasteiger charge is -2.33. The highest BCUT2D eigenvalue weighted by Crippen LogP contribution is 2.18. The minimum atomic E-state index is -0.914. The Morgan fingerprint density at radius 2 is 1.32 bits per heavy atom. The predicted molar refractivity (Wildman–Crippen MR) is 160 cm³/mol. The van der Waals surface area contributed by atoms with E-state index < -0.39 is 11.6 Å². The largest absolute Gasteiger partial charge is 0.494 e. The summed E-state index contributed by atoms with van der Waals surface area (Å²) in [5.41, 5.74) is 7.25. The molecule has 2 aromatic rings. The first-order valence-electron chi connectivity index (χ1n) is 14.3. The Labute approximate surface area is 244 Å². The van der Waals surface area contributed by atoms with E-state index in [1.165, 1.54) is 4.90 Å². The molecule has 0 saturated heterocycles. The second kappa shape index (κ2) is 19.0. The number of nitrogens with two attached hydrogens (primary N) is 1. The number of nitrogens with one attached hydrogen (secondary N) is 1. The number of hydrogen-bond acceptors (Lipinski definition) is 8. The van der Waals surface area contributed by atoms with E-state index in [1.54, 1.807) is 24.3 Å². The van der Waals surface area contributed by atoms with Gasteiger partial charge in [0.1, 0.15) is 5.75 Å². The average molecular weight is 574 g/mol. The van der Waals surface area contributed by atoms with Gasteiger partial charge < -0.3 is 40.0 Å². The van der Waals surface area contributed by atoms with Gasteiger partial charge in [0.25, 0.3) is 0 Å². The highest BCUT2D eigenvalue weighted by Gasteiger charge is 2.25. The summed E-state index contributed by atoms with van der Waals surface area (Å²) in [6.07, 6.45) is 1.36. The van der Waals surface area contributed by atoms with Crippen molar-refractivity contribution in [3.05, 3.63) is 59.7 Å². The van der Waals surface area contributed by atoms with Crippen molar-refractivity contribution in [1.29, 1.82) is 0 Å². The van der Waals surface area contributed by atoms with Gasteiger partial charge in [-0.25, -0.2) is 4.79 Å². The Morgan fingerprint density at radius 3 is 1.85 bits per heavy atom. The summed E-state index contributed by atoms with van der Waals surface area (Å²) in [7, 11) is 0. The minimum absolute atomic E-state index is 0.0320. The van der Waals surface area contributed by atoms with E-state index in [4.69, 9.17) is 24.7 Å². The van der Waals surface area contributed by atoms with Crippen LogP contribution < -0.4 is 15.8 Å². The Bertz CT molecular complexity index is 1010. The maximum Gasteiger partial charge on any atom is 0.407 e. The number of carbonyl (C=O) groups excluding carboxylic acids is 1. The molecule has 0 unspecified atom stereocenters. The first-order valence-corrected chi connectivity index (χ1v) is 14.3. The van der Waals surface area contributed by atoms with Crippen LogP contribution in [0.15, 0.2) is 48.5 Å². The van der Waals surface area contributed by atoms with Gasteiger partial charge in [-0.2, -0.15) is 0 Å². The quantitative estimate of drug-likeness (QED) is 0.144. The van der Waals surface area contributed by atoms with Gasteiger partial charge in [-0.1, -0.05) is 0 Å². The third-order valence-corrected chi connectivity index (χ3v) is 6.13. The zero-order valence-electron chi connectivity index (χ0n) is 24.7. The van der Waals surface area contributed by atoms with Crippen molar-refractivity contribution in [3.63, 3.8) is 0 Å². The molecule has 4 N–H and O–H groups in total. The monoisotopic (exact) mass is 573 g/mol. The standard InChI is InChI=1S/C31H47N3O7/c1-31(2,3)34(30(36)37)17-6-19-39-22-24-40-23-21-38-18-5-16-33-27-11-7-25(8-12-27)29(35)26-9-13-28(14-10-26)41-20-4-15-32/h7-14,33H,4-6,15-24,32H2,1-3H3,(H,36,37). The molecular formula is C31H47N3O7. The number of amides is 1. The van der Waals surface area contributed by atoms with Crippen molar-refractivity contribution in [1.82, 2.24) is 4.90 Å². The van der Waals surface area contributed by atoms with E-state index in [0.29, 0.717) is 76.9 Å². The van der Waals surface area contributed by atoms with Crippen LogP contribution in [0.4, 0.5) is 10.5 Å². The molecule has 2 aromatic carbocycles. The zero-order valence-corrected chi connectivity index (χ0v) is 24.7. The molecule has 0 fully saturated rings. The fourth-order valence-electron chi connectivity index (χ4n) is 3.87. The number of ketones is 1. The van der Waals surface area contributed by atoms with E-state index in [0.717, 1.165) is 30.8 Å². The fourth-order valence-corrected chi connectivity index (χ4v) is 3.87. The van der Waals surface area contributed by atoms with E-state index in [1.807, 2.05) is 45.0 Å². The van der Waals surface area contributed by atoms with E-state index in [9.17, 15) is 14.7 Å². The van der Waals surface area contributed by atoms with E-state index in [-0.39, 0.29) is 5.78 Å². The van der Waals surface area contributed by atoms with Crippen molar-refractivity contribution < 1.29 is 33.6 Å². The summed E-state index contributed by atoms with van der Waals surface area (Å²) < 4.78 is 22.2. The third-order valence-electron chi connectivity index (χ3n) is 6.13. The van der Waals surface area contributed by atoms with Gasteiger partial charge in [-0.05, 0) is 95.1 Å². The average Bonchev–Trinajstić information content (AvgIpc) is 2.94. The number of carbonyl (C=O) groups is 2. The molecule has 0 aliphatic heterocycles. The molecule has 41 heavy (non-hydrogen) atoms. The maximum atomic E-state index is 12.8. The molecule has 2 rings (SSSR count). The van der Waals surface area contributed by atoms with Crippen LogP contribution in [-0.4, -0.2) is 93.3 Å². The highest BCUT2D eigenvalue weighted by atomic mass is 16.5. The zero-order chi connectivity index (χ0) is 29.9. The van der Waals surface area contributed by atoms with Gasteiger partial charge in [0.05, 0.1) is 33.0 Å². The Kier molecular flexibility index (Phi) is 15.8. The minimum Gasteiger partial charge on any atom is -0.494 e. The van der Waals surface area contributed by atoms with Crippen molar-refractivity contribution >= 4 is 17.6 Å². The van der Waals surface area contributed by atoms with Crippen LogP contribution in [0, 0.1) is 0 Å². The number of carboxylic acid groups (broad SMARTS) is 1. The molecule has 10 nitrogen and oxygen atoms in total. The number of rotatable bonds is 21. The van der Waals surface area contributed by atoms with Crippen LogP contribution in [-0.2, 0) is 14.2 Å². The number of ether oxygens (including phenoxy) is 4. The second-order valence-electron chi connectivity index (χ2n) is 10.5. The summed E-state index contributed by atoms with van der Waals surface area (Å²) in [5, 5.41) is 12.6. The smallest absolute Gasteiger partial charge is 0.407 e. The molecule has 1 amide bonds. The summed E-state index contributed by atoms with van der Waals surface area (Å²) in [5.74, 6) is 0.697. The molecule has 0 aliphatic carbocycles. The normalized spacial score (nSPS) is 11.3. The second-order valence-corrected chi connectivity index (χ2v) is 10.5. The van der Waals surface area contributed by atoms with Crippen molar-refractivity contribution in [2.75, 3.05) is 71.2 Å². The van der Waals surface area contributed by atoms with Crippen LogP contribution in [0.5, 0.6) is 5.75 Å². The molecule has 0 radical (unpaired) electrons. The maximum absolute atomic E-state index is 12.8. The van der Waals surface area contributed by atoms with Gasteiger partial charge >= 0.3 is 6.09 Å². The number of nitrogens with zero attached hydrogens (tertiary/aromatic N) is 1. The summed E-state index contributed by atoms with van der Waals surface area (Å²) in [6.45, 7) is 11.0. The molecule has 0 atom stereocenters. The van der Waals surface area contributed by atoms with Crippen LogP contribution in [0.1, 0.15) is 56.0 Å². The summed E-state index contributed by atoms with van der Waals surface area (Å²) in [4.78, 5) is 25.5. The molecular weight excluding hydrogens is 526 g/mol. The van der Waals surface area contributed by atoms with Crippen molar-refractivity contribution in [3.8, 4) is 5.75 Å². The summed E-state index contributed by atoms with van der Waals surface area (Å²) >= 11 is 0. The van der Waals surface area contributed by atoms with Gasteiger partial charge in [-0.3, -0.25) is 4.79 Å². The molecule has 0 aromatic heterocycles. The summed E-state index contributed by atoms with van der Waals surface area (Å²) in [6, 6.07) is 14.6. The lowest BCUT2D eigenvalue weighted by atomic mass is 10.0. The lowest BCUT2D eigenvalue weighted by Crippen LogP contribution is -2.45. The first-order chi connectivity index (χ1) is 19.7. The highest BCUT2D eigenvalue weighted by molar-refractivity contribution is 6.09. The van der Waals surface area contributed by atoms with E-state index >= 15 is 0 Å². The molecule has 0 bridgehead atoms. The predicted octanol–water partition coefficient (Wildman–Crippen LogP) is 4.67. The van der Waals surface area contributed by atoms with Crippen molar-refractivity contribution in [2.45, 2.75) is 45.6 Å². The van der Waals surface area contributed by atoms with Crippen LogP contribution in [0.2, 0.25) is 0 Å². The number of anilines is 1. The fraction of sp³-hybridized carbons (Fsp3) is 0.548. The molecule has 10 heteroatoms. The molecule has 228 valence electrons. The SMILES string of the molecule is CC(C)(C)N(CCCOCCOCCOCCCNc1ccc(C(=O)c2ccc(OCCCN)cc2)cc1)C(=O)O. The Hall–Kier alpha value is -3.18. The van der Waals surface area contributed by atoms with Gasteiger partial charge in [-0.15, -0.1) is 0 Å². The number of benzene rings is 2. The van der Waals surface area contributed by atoms with Crippen LogP contribution in [0.3, 0.4) is 0 Å². The van der Waals surface area contributed by atoms with E-state index in [2.05, 4.69) is 5.32 Å². The van der Waals surface area contributed by atoms with Gasteiger partial charge in [0.15, 0.2) is 5.78 Å². The van der Waals surface area contributed by atoms with Gasteiger partial charge in [0, 0.05) is 48.7 Å². The molecule has 0 heterocycles. The molecule has 0 saturated carbocycles. The van der Waals surface area contributed by atoms with Crippen LogP contribution in [0.25, 0.3) is 0 Å². The Balaban J connectivity index is 1.48.